The lowest BCUT2D eigenvalue weighted by molar-refractivity contribution is 0.0342. The number of carbonyl (C=O) groups is 1. The van der Waals surface area contributed by atoms with Gasteiger partial charge in [-0.1, -0.05) is 23.7 Å². The first kappa shape index (κ1) is 20.2. The molecule has 2 aliphatic rings. The third kappa shape index (κ3) is 5.30. The normalized spacial score (nSPS) is 17.9. The van der Waals surface area contributed by atoms with Gasteiger partial charge in [-0.05, 0) is 55.2 Å². The van der Waals surface area contributed by atoms with Crippen LogP contribution in [0.25, 0.3) is 0 Å². The summed E-state index contributed by atoms with van der Waals surface area (Å²) in [5, 5.41) is 3.67. The summed E-state index contributed by atoms with van der Waals surface area (Å²) < 4.78 is 5.40. The Morgan fingerprint density at radius 1 is 1.00 bits per heavy atom. The molecule has 1 amide bonds. The van der Waals surface area contributed by atoms with Crippen LogP contribution in [-0.2, 0) is 11.3 Å². The molecule has 0 saturated carbocycles. The van der Waals surface area contributed by atoms with Crippen molar-refractivity contribution in [2.45, 2.75) is 25.8 Å². The molecule has 6 heteroatoms. The minimum Gasteiger partial charge on any atom is -0.379 e. The van der Waals surface area contributed by atoms with Crippen molar-refractivity contribution >= 4 is 28.9 Å². The van der Waals surface area contributed by atoms with Gasteiger partial charge in [-0.3, -0.25) is 9.69 Å². The minimum atomic E-state index is -0.115. The Bertz CT molecular complexity index is 846. The monoisotopic (exact) mass is 413 g/mol. The molecule has 154 valence electrons. The number of carbonyl (C=O) groups excluding carboxylic acids is 1. The molecule has 0 aromatic heterocycles. The largest absolute Gasteiger partial charge is 0.379 e. The molecular weight excluding hydrogens is 386 g/mol. The molecule has 2 saturated heterocycles. The topological polar surface area (TPSA) is 44.8 Å². The molecule has 1 N–H and O–H groups in total. The minimum absolute atomic E-state index is 0.115. The predicted octanol–water partition coefficient (Wildman–Crippen LogP) is 4.41. The standard InChI is InChI=1S/C23H28ClN3O2/c24-21-16-20(7-8-22(21)27-9-2-1-3-10-27)25-23(28)19-6-4-5-18(15-19)17-26-11-13-29-14-12-26/h4-8,15-16H,1-3,9-14,17H2,(H,25,28). The molecule has 4 rings (SSSR count). The SMILES string of the molecule is O=C(Nc1ccc(N2CCCCC2)c(Cl)c1)c1cccc(CN2CCOCC2)c1. The Kier molecular flexibility index (Phi) is 6.70. The van der Waals surface area contributed by atoms with E-state index in [0.717, 1.165) is 62.9 Å². The van der Waals surface area contributed by atoms with Gasteiger partial charge < -0.3 is 15.0 Å². The maximum atomic E-state index is 12.8. The zero-order chi connectivity index (χ0) is 20.1. The highest BCUT2D eigenvalue weighted by Gasteiger charge is 2.16. The molecule has 2 aromatic carbocycles. The van der Waals surface area contributed by atoms with Crippen molar-refractivity contribution in [2.75, 3.05) is 49.6 Å². The number of nitrogens with one attached hydrogen (secondary N) is 1. The van der Waals surface area contributed by atoms with Gasteiger partial charge in [0.2, 0.25) is 0 Å². The third-order valence-corrected chi connectivity index (χ3v) is 5.90. The Morgan fingerprint density at radius 2 is 1.79 bits per heavy atom. The van der Waals surface area contributed by atoms with Crippen molar-refractivity contribution < 1.29 is 9.53 Å². The van der Waals surface area contributed by atoms with E-state index in [-0.39, 0.29) is 5.91 Å². The first-order valence-corrected chi connectivity index (χ1v) is 10.8. The van der Waals surface area contributed by atoms with Crippen LogP contribution in [0.1, 0.15) is 35.2 Å². The van der Waals surface area contributed by atoms with Crippen LogP contribution >= 0.6 is 11.6 Å². The lowest BCUT2D eigenvalue weighted by atomic mass is 10.1. The number of piperidine rings is 1. The van der Waals surface area contributed by atoms with Crippen LogP contribution in [0, 0.1) is 0 Å². The number of hydrogen-bond acceptors (Lipinski definition) is 4. The second-order valence-corrected chi connectivity index (χ2v) is 8.16. The van der Waals surface area contributed by atoms with E-state index in [1.54, 1.807) is 0 Å². The van der Waals surface area contributed by atoms with Crippen molar-refractivity contribution in [3.8, 4) is 0 Å². The summed E-state index contributed by atoms with van der Waals surface area (Å²) in [6, 6.07) is 13.6. The molecule has 2 fully saturated rings. The molecule has 0 bridgehead atoms. The average Bonchev–Trinajstić information content (AvgIpc) is 2.75. The maximum Gasteiger partial charge on any atom is 0.255 e. The highest BCUT2D eigenvalue weighted by molar-refractivity contribution is 6.33. The van der Waals surface area contributed by atoms with E-state index in [9.17, 15) is 4.79 Å². The number of amides is 1. The van der Waals surface area contributed by atoms with Gasteiger partial charge in [-0.15, -0.1) is 0 Å². The van der Waals surface area contributed by atoms with Gasteiger partial charge in [0.25, 0.3) is 5.91 Å². The predicted molar refractivity (Wildman–Crippen MR) is 118 cm³/mol. The Hall–Kier alpha value is -2.08. The molecule has 2 aliphatic heterocycles. The smallest absolute Gasteiger partial charge is 0.255 e. The van der Waals surface area contributed by atoms with Crippen molar-refractivity contribution in [2.24, 2.45) is 0 Å². The fraction of sp³-hybridized carbons (Fsp3) is 0.435. The van der Waals surface area contributed by atoms with E-state index in [1.807, 2.05) is 36.4 Å². The molecule has 0 aliphatic carbocycles. The van der Waals surface area contributed by atoms with Gasteiger partial charge in [0.05, 0.1) is 23.9 Å². The van der Waals surface area contributed by atoms with Crippen molar-refractivity contribution in [1.82, 2.24) is 4.90 Å². The quantitative estimate of drug-likeness (QED) is 0.788. The first-order valence-electron chi connectivity index (χ1n) is 10.4. The van der Waals surface area contributed by atoms with E-state index in [4.69, 9.17) is 16.3 Å². The molecule has 5 nitrogen and oxygen atoms in total. The van der Waals surface area contributed by atoms with Crippen molar-refractivity contribution in [3.63, 3.8) is 0 Å². The highest BCUT2D eigenvalue weighted by atomic mass is 35.5. The van der Waals surface area contributed by atoms with Crippen molar-refractivity contribution in [1.29, 1.82) is 0 Å². The van der Waals surface area contributed by atoms with Gasteiger partial charge in [0.1, 0.15) is 0 Å². The number of hydrogen-bond donors (Lipinski definition) is 1. The van der Waals surface area contributed by atoms with Crippen LogP contribution in [0.2, 0.25) is 5.02 Å². The van der Waals surface area contributed by atoms with Crippen molar-refractivity contribution in [3.05, 3.63) is 58.6 Å². The number of rotatable bonds is 5. The fourth-order valence-corrected chi connectivity index (χ4v) is 4.31. The van der Waals surface area contributed by atoms with E-state index >= 15 is 0 Å². The summed E-state index contributed by atoms with van der Waals surface area (Å²) in [6.07, 6.45) is 3.69. The first-order chi connectivity index (χ1) is 14.2. The number of anilines is 2. The van der Waals surface area contributed by atoms with Gasteiger partial charge >= 0.3 is 0 Å². The number of halogens is 1. The second-order valence-electron chi connectivity index (χ2n) is 7.76. The Morgan fingerprint density at radius 3 is 2.55 bits per heavy atom. The summed E-state index contributed by atoms with van der Waals surface area (Å²) in [5.74, 6) is -0.115. The molecule has 0 atom stereocenters. The van der Waals surface area contributed by atoms with Crippen LogP contribution in [-0.4, -0.2) is 50.2 Å². The molecule has 29 heavy (non-hydrogen) atoms. The number of nitrogens with zero attached hydrogens (tertiary/aromatic N) is 2. The van der Waals surface area contributed by atoms with Gasteiger partial charge in [0.15, 0.2) is 0 Å². The van der Waals surface area contributed by atoms with E-state index < -0.39 is 0 Å². The summed E-state index contributed by atoms with van der Waals surface area (Å²) in [5.41, 5.74) is 3.57. The maximum absolute atomic E-state index is 12.8. The van der Waals surface area contributed by atoms with Crippen LogP contribution in [0.15, 0.2) is 42.5 Å². The van der Waals surface area contributed by atoms with E-state index in [1.165, 1.54) is 19.3 Å². The van der Waals surface area contributed by atoms with Crippen LogP contribution in [0.4, 0.5) is 11.4 Å². The van der Waals surface area contributed by atoms with E-state index in [2.05, 4.69) is 21.2 Å². The number of benzene rings is 2. The van der Waals surface area contributed by atoms with Gasteiger partial charge in [0, 0.05) is 44.0 Å². The number of ether oxygens (including phenoxy) is 1. The second kappa shape index (κ2) is 9.61. The summed E-state index contributed by atoms with van der Waals surface area (Å²) in [4.78, 5) is 17.4. The molecular formula is C23H28ClN3O2. The molecule has 2 aromatic rings. The Balaban J connectivity index is 1.41. The number of morpholine rings is 1. The molecule has 0 spiro atoms. The van der Waals surface area contributed by atoms with Crippen LogP contribution in [0.5, 0.6) is 0 Å². The third-order valence-electron chi connectivity index (χ3n) is 5.60. The molecule has 2 heterocycles. The zero-order valence-corrected chi connectivity index (χ0v) is 17.5. The van der Waals surface area contributed by atoms with E-state index in [0.29, 0.717) is 10.6 Å². The summed E-state index contributed by atoms with van der Waals surface area (Å²) in [7, 11) is 0. The lowest BCUT2D eigenvalue weighted by Gasteiger charge is -2.29. The van der Waals surface area contributed by atoms with Crippen LogP contribution in [0.3, 0.4) is 0 Å². The van der Waals surface area contributed by atoms with Gasteiger partial charge in [-0.2, -0.15) is 0 Å². The molecule has 0 unspecified atom stereocenters. The zero-order valence-electron chi connectivity index (χ0n) is 16.7. The lowest BCUT2D eigenvalue weighted by Crippen LogP contribution is -2.35. The Labute approximate surface area is 177 Å². The fourth-order valence-electron chi connectivity index (χ4n) is 4.01. The average molecular weight is 414 g/mol. The highest BCUT2D eigenvalue weighted by Crippen LogP contribution is 2.31. The van der Waals surface area contributed by atoms with Crippen LogP contribution < -0.4 is 10.2 Å². The van der Waals surface area contributed by atoms with Gasteiger partial charge in [-0.25, -0.2) is 0 Å². The summed E-state index contributed by atoms with van der Waals surface area (Å²) >= 11 is 6.52. The molecule has 0 radical (unpaired) electrons. The summed E-state index contributed by atoms with van der Waals surface area (Å²) in [6.45, 7) is 6.32.